The van der Waals surface area contributed by atoms with E-state index in [2.05, 4.69) is 47.3 Å². The molecule has 22 heavy (non-hydrogen) atoms. The van der Waals surface area contributed by atoms with E-state index in [1.54, 1.807) is 0 Å². The van der Waals surface area contributed by atoms with Crippen LogP contribution in [-0.2, 0) is 16.2 Å². The second-order valence-corrected chi connectivity index (χ2v) is 13.6. The minimum Gasteiger partial charge on any atom is -0.461 e. The van der Waals surface area contributed by atoms with Crippen LogP contribution in [-0.4, -0.2) is 37.0 Å². The van der Waals surface area contributed by atoms with Gasteiger partial charge in [0.05, 0.1) is 15.9 Å². The maximum absolute atomic E-state index is 12.0. The number of ether oxygens (including phenoxy) is 2. The monoisotopic (exact) mass is 436 g/mol. The van der Waals surface area contributed by atoms with E-state index in [-0.39, 0.29) is 5.97 Å². The molecule has 0 aliphatic heterocycles. The molecular weight excluding hydrogens is 411 g/mol. The Morgan fingerprint density at radius 2 is 2.09 bits per heavy atom. The zero-order valence-electron chi connectivity index (χ0n) is 13.8. The molecule has 2 rings (SSSR count). The first kappa shape index (κ1) is 17.9. The van der Waals surface area contributed by atoms with Crippen LogP contribution < -0.4 is 0 Å². The van der Waals surface area contributed by atoms with Gasteiger partial charge in [-0.1, -0.05) is 19.6 Å². The summed E-state index contributed by atoms with van der Waals surface area (Å²) in [5.41, 5.74) is 1.56. The first-order valence-corrected chi connectivity index (χ1v) is 12.6. The molecule has 0 aromatic carbocycles. The third-order valence-electron chi connectivity index (χ3n) is 3.57. The average molecular weight is 436 g/mol. The molecule has 1 fully saturated rings. The molecule has 1 heterocycles. The van der Waals surface area contributed by atoms with E-state index in [0.29, 0.717) is 24.9 Å². The van der Waals surface area contributed by atoms with Crippen molar-refractivity contribution in [3.8, 4) is 0 Å². The highest BCUT2D eigenvalue weighted by atomic mass is 127. The molecule has 124 valence electrons. The summed E-state index contributed by atoms with van der Waals surface area (Å²) in [6, 6.07) is 1.13. The van der Waals surface area contributed by atoms with Crippen molar-refractivity contribution in [1.82, 2.24) is 9.78 Å². The van der Waals surface area contributed by atoms with Crippen molar-refractivity contribution in [3.05, 3.63) is 15.0 Å². The normalized spacial score (nSPS) is 15.1. The number of halogens is 1. The SMILES string of the molecule is CCOC(=O)c1nn(COCC[Si](C)(C)C)c(C2CC2)c1I. The maximum Gasteiger partial charge on any atom is 0.359 e. The summed E-state index contributed by atoms with van der Waals surface area (Å²) in [6.45, 7) is 10.4. The second-order valence-electron chi connectivity index (χ2n) is 6.89. The molecule has 0 amide bonds. The fourth-order valence-corrected chi connectivity index (χ4v) is 3.96. The number of hydrogen-bond acceptors (Lipinski definition) is 4. The molecule has 0 unspecified atom stereocenters. The summed E-state index contributed by atoms with van der Waals surface area (Å²) in [4.78, 5) is 12.0. The van der Waals surface area contributed by atoms with Gasteiger partial charge in [-0.15, -0.1) is 0 Å². The van der Waals surface area contributed by atoms with E-state index >= 15 is 0 Å². The number of nitrogens with zero attached hydrogens (tertiary/aromatic N) is 2. The van der Waals surface area contributed by atoms with E-state index in [1.807, 2.05) is 11.6 Å². The number of carbonyl (C=O) groups excluding carboxylic acids is 1. The molecule has 1 aromatic rings. The first-order chi connectivity index (χ1) is 10.3. The molecule has 1 aliphatic carbocycles. The van der Waals surface area contributed by atoms with Gasteiger partial charge in [-0.05, 0) is 48.4 Å². The molecule has 1 aliphatic rings. The highest BCUT2D eigenvalue weighted by Crippen LogP contribution is 2.42. The summed E-state index contributed by atoms with van der Waals surface area (Å²) < 4.78 is 13.7. The van der Waals surface area contributed by atoms with E-state index in [0.717, 1.165) is 21.9 Å². The molecule has 1 aromatic heterocycles. The molecule has 0 saturated heterocycles. The summed E-state index contributed by atoms with van der Waals surface area (Å²) >= 11 is 2.21. The Morgan fingerprint density at radius 1 is 1.41 bits per heavy atom. The summed E-state index contributed by atoms with van der Waals surface area (Å²) in [5, 5.41) is 4.44. The Kier molecular flexibility index (Phi) is 6.06. The van der Waals surface area contributed by atoms with Crippen LogP contribution in [0, 0.1) is 3.57 Å². The highest BCUT2D eigenvalue weighted by Gasteiger charge is 2.33. The van der Waals surface area contributed by atoms with Crippen LogP contribution in [0.15, 0.2) is 0 Å². The van der Waals surface area contributed by atoms with E-state index < -0.39 is 8.07 Å². The van der Waals surface area contributed by atoms with Crippen LogP contribution in [0.1, 0.15) is 41.9 Å². The van der Waals surface area contributed by atoms with Crippen LogP contribution in [0.25, 0.3) is 0 Å². The van der Waals surface area contributed by atoms with E-state index in [1.165, 1.54) is 12.8 Å². The smallest absolute Gasteiger partial charge is 0.359 e. The first-order valence-electron chi connectivity index (χ1n) is 7.84. The fraction of sp³-hybridized carbons (Fsp3) is 0.733. The molecule has 0 bridgehead atoms. The Hall–Kier alpha value is -0.413. The largest absolute Gasteiger partial charge is 0.461 e. The predicted octanol–water partition coefficient (Wildman–Crippen LogP) is 3.85. The summed E-state index contributed by atoms with van der Waals surface area (Å²) in [7, 11) is -1.08. The van der Waals surface area contributed by atoms with Crippen LogP contribution in [0.5, 0.6) is 0 Å². The Balaban J connectivity index is 2.06. The van der Waals surface area contributed by atoms with Crippen molar-refractivity contribution in [2.45, 2.75) is 58.1 Å². The number of hydrogen-bond donors (Lipinski definition) is 0. The minimum absolute atomic E-state index is 0.338. The van der Waals surface area contributed by atoms with Gasteiger partial charge in [0, 0.05) is 20.6 Å². The highest BCUT2D eigenvalue weighted by molar-refractivity contribution is 14.1. The van der Waals surface area contributed by atoms with Crippen molar-refractivity contribution >= 4 is 36.6 Å². The van der Waals surface area contributed by atoms with Gasteiger partial charge in [-0.25, -0.2) is 9.48 Å². The van der Waals surface area contributed by atoms with Gasteiger partial charge >= 0.3 is 5.97 Å². The van der Waals surface area contributed by atoms with Crippen LogP contribution in [0.2, 0.25) is 25.7 Å². The number of rotatable bonds is 8. The second kappa shape index (κ2) is 7.44. The molecule has 7 heteroatoms. The Morgan fingerprint density at radius 3 is 2.64 bits per heavy atom. The maximum atomic E-state index is 12.0. The third kappa shape index (κ3) is 4.79. The van der Waals surface area contributed by atoms with E-state index in [4.69, 9.17) is 9.47 Å². The van der Waals surface area contributed by atoms with Crippen LogP contribution in [0.4, 0.5) is 0 Å². The molecule has 1 saturated carbocycles. The predicted molar refractivity (Wildman–Crippen MR) is 97.0 cm³/mol. The minimum atomic E-state index is -1.08. The zero-order valence-corrected chi connectivity index (χ0v) is 17.0. The lowest BCUT2D eigenvalue weighted by Crippen LogP contribution is -2.22. The molecule has 0 radical (unpaired) electrons. The van der Waals surface area contributed by atoms with Gasteiger partial charge in [-0.2, -0.15) is 5.10 Å². The molecule has 0 atom stereocenters. The number of esters is 1. The van der Waals surface area contributed by atoms with Gasteiger partial charge < -0.3 is 9.47 Å². The fourth-order valence-electron chi connectivity index (χ4n) is 2.16. The average Bonchev–Trinajstić information content (AvgIpc) is 3.19. The van der Waals surface area contributed by atoms with Crippen molar-refractivity contribution in [3.63, 3.8) is 0 Å². The summed E-state index contributed by atoms with van der Waals surface area (Å²) in [5.74, 6) is 0.179. The van der Waals surface area contributed by atoms with Crippen molar-refractivity contribution in [2.24, 2.45) is 0 Å². The van der Waals surface area contributed by atoms with Crippen molar-refractivity contribution in [1.29, 1.82) is 0 Å². The van der Waals surface area contributed by atoms with Gasteiger partial charge in [0.2, 0.25) is 0 Å². The van der Waals surface area contributed by atoms with Crippen molar-refractivity contribution in [2.75, 3.05) is 13.2 Å². The van der Waals surface area contributed by atoms with Gasteiger partial charge in [0.25, 0.3) is 0 Å². The zero-order chi connectivity index (χ0) is 16.3. The van der Waals surface area contributed by atoms with Crippen LogP contribution >= 0.6 is 22.6 Å². The van der Waals surface area contributed by atoms with E-state index in [9.17, 15) is 4.79 Å². The Labute approximate surface area is 146 Å². The number of aromatic nitrogens is 2. The lowest BCUT2D eigenvalue weighted by atomic mass is 10.2. The number of carbonyl (C=O) groups is 1. The standard InChI is InChI=1S/C15H25IN2O3Si/c1-5-21-15(19)13-12(16)14(11-6-7-11)18(17-13)10-20-8-9-22(2,3)4/h11H,5-10H2,1-4H3. The summed E-state index contributed by atoms with van der Waals surface area (Å²) in [6.07, 6.45) is 2.33. The Bertz CT molecular complexity index is 536. The third-order valence-corrected chi connectivity index (χ3v) is 6.34. The van der Waals surface area contributed by atoms with Crippen molar-refractivity contribution < 1.29 is 14.3 Å². The molecule has 0 spiro atoms. The molecular formula is C15H25IN2O3Si. The lowest BCUT2D eigenvalue weighted by Gasteiger charge is -2.15. The topological polar surface area (TPSA) is 53.3 Å². The van der Waals surface area contributed by atoms with Gasteiger partial charge in [0.1, 0.15) is 6.73 Å². The van der Waals surface area contributed by atoms with Crippen LogP contribution in [0.3, 0.4) is 0 Å². The lowest BCUT2D eigenvalue weighted by molar-refractivity contribution is 0.0509. The van der Waals surface area contributed by atoms with Gasteiger partial charge in [-0.3, -0.25) is 0 Å². The van der Waals surface area contributed by atoms with Gasteiger partial charge in [0.15, 0.2) is 5.69 Å². The quantitative estimate of drug-likeness (QED) is 0.269. The molecule has 5 nitrogen and oxygen atoms in total. The molecule has 0 N–H and O–H groups in total.